The van der Waals surface area contributed by atoms with Crippen LogP contribution in [0, 0.1) is 17.8 Å². The van der Waals surface area contributed by atoms with Gasteiger partial charge in [-0.3, -0.25) is 9.59 Å². The van der Waals surface area contributed by atoms with Gasteiger partial charge in [-0.15, -0.1) is 0 Å². The second-order valence-corrected chi connectivity index (χ2v) is 12.9. The van der Waals surface area contributed by atoms with Gasteiger partial charge in [0.1, 0.15) is 0 Å². The molecule has 3 atom stereocenters. The average molecular weight is 572 g/mol. The summed E-state index contributed by atoms with van der Waals surface area (Å²) in [7, 11) is 0. The van der Waals surface area contributed by atoms with E-state index in [4.69, 9.17) is 0 Å². The van der Waals surface area contributed by atoms with Crippen molar-refractivity contribution in [1.29, 1.82) is 0 Å². The van der Waals surface area contributed by atoms with Gasteiger partial charge in [0.15, 0.2) is 0 Å². The number of unbranched alkanes of at least 4 members (excludes halogenated alkanes) is 16. The van der Waals surface area contributed by atoms with Gasteiger partial charge in [-0.2, -0.15) is 0 Å². The first-order chi connectivity index (χ1) is 19.8. The molecule has 4 nitrogen and oxygen atoms in total. The van der Waals surface area contributed by atoms with E-state index in [0.29, 0.717) is 6.54 Å². The molecule has 0 aliphatic rings. The molecule has 0 aliphatic heterocycles. The van der Waals surface area contributed by atoms with Gasteiger partial charge in [0.25, 0.3) is 0 Å². The third kappa shape index (κ3) is 16.4. The maximum Gasteiger partial charge on any atom is 0.307 e. The summed E-state index contributed by atoms with van der Waals surface area (Å²) < 4.78 is 0. The Kier molecular flexibility index (Phi) is 21.5. The molecular weight excluding hydrogens is 506 g/mol. The molecule has 3 unspecified atom stereocenters. The maximum atomic E-state index is 13.0. The van der Waals surface area contributed by atoms with Gasteiger partial charge in [0.05, 0.1) is 5.92 Å². The first kappa shape index (κ1) is 37.2. The van der Waals surface area contributed by atoms with Crippen molar-refractivity contribution in [1.82, 2.24) is 5.32 Å². The largest absolute Gasteiger partial charge is 0.481 e. The van der Waals surface area contributed by atoms with Crippen LogP contribution in [0.15, 0.2) is 24.3 Å². The Morgan fingerprint density at radius 2 is 1.10 bits per heavy atom. The molecule has 0 bridgehead atoms. The fourth-order valence-electron chi connectivity index (χ4n) is 6.20. The van der Waals surface area contributed by atoms with E-state index in [9.17, 15) is 14.7 Å². The summed E-state index contributed by atoms with van der Waals surface area (Å²) >= 11 is 0. The Labute approximate surface area is 253 Å². The number of carboxylic acids is 1. The molecule has 0 aliphatic carbocycles. The highest BCUT2D eigenvalue weighted by molar-refractivity contribution is 5.85. The smallest absolute Gasteiger partial charge is 0.307 e. The minimum atomic E-state index is -0.882. The predicted molar refractivity (Wildman–Crippen MR) is 175 cm³/mol. The highest BCUT2D eigenvalue weighted by atomic mass is 16.4. The van der Waals surface area contributed by atoms with Crippen LogP contribution in [0.1, 0.15) is 167 Å². The van der Waals surface area contributed by atoms with Gasteiger partial charge in [-0.1, -0.05) is 162 Å². The van der Waals surface area contributed by atoms with Crippen molar-refractivity contribution in [3.8, 4) is 0 Å². The maximum absolute atomic E-state index is 13.0. The summed E-state index contributed by atoms with van der Waals surface area (Å²) in [6.45, 7) is 11.1. The minimum absolute atomic E-state index is 0.118. The van der Waals surface area contributed by atoms with Crippen LogP contribution in [0.2, 0.25) is 0 Å². The lowest BCUT2D eigenvalue weighted by Gasteiger charge is -2.31. The first-order valence-corrected chi connectivity index (χ1v) is 17.4. The average Bonchev–Trinajstić information content (AvgIpc) is 2.95. The monoisotopic (exact) mass is 571 g/mol. The topological polar surface area (TPSA) is 66.4 Å². The third-order valence-electron chi connectivity index (χ3n) is 8.86. The second kappa shape index (κ2) is 23.7. The summed E-state index contributed by atoms with van der Waals surface area (Å²) in [4.78, 5) is 25.5. The second-order valence-electron chi connectivity index (χ2n) is 12.9. The van der Waals surface area contributed by atoms with E-state index in [2.05, 4.69) is 57.3 Å². The number of benzene rings is 1. The molecule has 1 aromatic carbocycles. The number of nitrogens with one attached hydrogen (secondary N) is 1. The van der Waals surface area contributed by atoms with E-state index < -0.39 is 17.8 Å². The SMILES string of the molecule is CCCCCCCCCCCCCCNC(=O)C(C)C(C(=O)O)C(c1ccc(CCCCCCCC)cc1)C(C)C. The standard InChI is InChI=1S/C37H65NO3/c1-6-8-10-12-14-15-16-17-18-19-21-23-29-38-36(39)31(5)35(37(40)41)34(30(3)4)33-27-25-32(26-28-33)24-22-20-13-11-9-7-2/h25-28,30-31,34-35H,6-24,29H2,1-5H3,(H,38,39)(H,40,41). The van der Waals surface area contributed by atoms with Gasteiger partial charge >= 0.3 is 5.97 Å². The van der Waals surface area contributed by atoms with Crippen LogP contribution < -0.4 is 5.32 Å². The zero-order valence-corrected chi connectivity index (χ0v) is 27.5. The number of amides is 1. The van der Waals surface area contributed by atoms with Crippen LogP contribution in [0.5, 0.6) is 0 Å². The molecule has 4 heteroatoms. The first-order valence-electron chi connectivity index (χ1n) is 17.4. The molecule has 0 saturated carbocycles. The number of aryl methyl sites for hydroxylation is 1. The fraction of sp³-hybridized carbons (Fsp3) is 0.784. The lowest BCUT2D eigenvalue weighted by atomic mass is 9.72. The number of carboxylic acid groups (broad SMARTS) is 1. The van der Waals surface area contributed by atoms with Crippen LogP contribution in [-0.4, -0.2) is 23.5 Å². The van der Waals surface area contributed by atoms with E-state index in [1.54, 1.807) is 6.92 Å². The number of rotatable bonds is 26. The van der Waals surface area contributed by atoms with E-state index in [1.807, 2.05) is 0 Å². The molecule has 1 rings (SSSR count). The lowest BCUT2D eigenvalue weighted by molar-refractivity contribution is -0.148. The van der Waals surface area contributed by atoms with Crippen molar-refractivity contribution in [3.05, 3.63) is 35.4 Å². The van der Waals surface area contributed by atoms with Crippen molar-refractivity contribution in [2.45, 2.75) is 163 Å². The number of hydrogen-bond donors (Lipinski definition) is 2. The number of aliphatic carboxylic acids is 1. The van der Waals surface area contributed by atoms with Gasteiger partial charge in [-0.25, -0.2) is 0 Å². The van der Waals surface area contributed by atoms with Crippen molar-refractivity contribution in [2.24, 2.45) is 17.8 Å². The molecule has 0 spiro atoms. The van der Waals surface area contributed by atoms with E-state index >= 15 is 0 Å². The lowest BCUT2D eigenvalue weighted by Crippen LogP contribution is -2.40. The van der Waals surface area contributed by atoms with Gasteiger partial charge in [-0.05, 0) is 36.3 Å². The van der Waals surface area contributed by atoms with Crippen LogP contribution in [-0.2, 0) is 16.0 Å². The molecule has 0 heterocycles. The molecule has 236 valence electrons. The van der Waals surface area contributed by atoms with Crippen molar-refractivity contribution in [3.63, 3.8) is 0 Å². The molecule has 0 saturated heterocycles. The molecule has 41 heavy (non-hydrogen) atoms. The van der Waals surface area contributed by atoms with Gasteiger partial charge in [0.2, 0.25) is 5.91 Å². The highest BCUT2D eigenvalue weighted by Gasteiger charge is 2.39. The molecule has 2 N–H and O–H groups in total. The van der Waals surface area contributed by atoms with E-state index in [1.165, 1.54) is 108 Å². The molecular formula is C37H65NO3. The Morgan fingerprint density at radius 1 is 0.659 bits per heavy atom. The zero-order chi connectivity index (χ0) is 30.3. The van der Waals surface area contributed by atoms with E-state index in [0.717, 1.165) is 24.8 Å². The molecule has 0 fully saturated rings. The Balaban J connectivity index is 2.47. The third-order valence-corrected chi connectivity index (χ3v) is 8.86. The predicted octanol–water partition coefficient (Wildman–Crippen LogP) is 10.5. The van der Waals surface area contributed by atoms with Crippen molar-refractivity contribution < 1.29 is 14.7 Å². The summed E-state index contributed by atoms with van der Waals surface area (Å²) in [6, 6.07) is 8.52. The number of carbonyl (C=O) groups excluding carboxylic acids is 1. The van der Waals surface area contributed by atoms with Crippen LogP contribution in [0.25, 0.3) is 0 Å². The minimum Gasteiger partial charge on any atom is -0.481 e. The van der Waals surface area contributed by atoms with Gasteiger partial charge < -0.3 is 10.4 Å². The summed E-state index contributed by atoms with van der Waals surface area (Å²) in [5.41, 5.74) is 2.34. The molecule has 1 amide bonds. The van der Waals surface area contributed by atoms with Crippen LogP contribution in [0.4, 0.5) is 0 Å². The Hall–Kier alpha value is -1.84. The Bertz CT molecular complexity index is 788. The quantitative estimate of drug-likeness (QED) is 0.109. The van der Waals surface area contributed by atoms with Crippen molar-refractivity contribution >= 4 is 11.9 Å². The summed E-state index contributed by atoms with van der Waals surface area (Å²) in [6.07, 6.45) is 24.2. The normalized spacial score (nSPS) is 13.7. The highest BCUT2D eigenvalue weighted by Crippen LogP contribution is 2.37. The molecule has 0 radical (unpaired) electrons. The molecule has 1 aromatic rings. The number of carbonyl (C=O) groups is 2. The van der Waals surface area contributed by atoms with Crippen LogP contribution in [0.3, 0.4) is 0 Å². The van der Waals surface area contributed by atoms with Gasteiger partial charge in [0, 0.05) is 18.4 Å². The fourth-order valence-corrected chi connectivity index (χ4v) is 6.20. The zero-order valence-electron chi connectivity index (χ0n) is 27.5. The summed E-state index contributed by atoms with van der Waals surface area (Å²) in [5, 5.41) is 13.3. The summed E-state index contributed by atoms with van der Waals surface area (Å²) in [5.74, 6) is -2.44. The van der Waals surface area contributed by atoms with Crippen LogP contribution >= 0.6 is 0 Å². The molecule has 0 aromatic heterocycles. The Morgan fingerprint density at radius 3 is 1.54 bits per heavy atom. The number of hydrogen-bond acceptors (Lipinski definition) is 2. The van der Waals surface area contributed by atoms with Crippen molar-refractivity contribution in [2.75, 3.05) is 6.54 Å². The van der Waals surface area contributed by atoms with E-state index in [-0.39, 0.29) is 17.7 Å².